The molecule has 0 saturated heterocycles. The number of carbonyl (C=O) groups is 1. The van der Waals surface area contributed by atoms with Gasteiger partial charge in [-0.15, -0.1) is 0 Å². The molecule has 2 aromatic rings. The zero-order valence-electron chi connectivity index (χ0n) is 27.0. The lowest BCUT2D eigenvalue weighted by Gasteiger charge is -2.35. The van der Waals surface area contributed by atoms with Crippen molar-refractivity contribution in [2.45, 2.75) is 113 Å². The van der Waals surface area contributed by atoms with Gasteiger partial charge in [0.05, 0.1) is 7.11 Å². The minimum Gasteiger partial charge on any atom is -0.496 e. The summed E-state index contributed by atoms with van der Waals surface area (Å²) in [7, 11) is 1.70. The van der Waals surface area contributed by atoms with Crippen LogP contribution in [0.1, 0.15) is 122 Å². The van der Waals surface area contributed by atoms with Crippen molar-refractivity contribution in [2.24, 2.45) is 5.92 Å². The fraction of sp³-hybridized carbons (Fsp3) is 0.528. The van der Waals surface area contributed by atoms with Gasteiger partial charge in [0, 0.05) is 34.9 Å². The molecule has 0 fully saturated rings. The summed E-state index contributed by atoms with van der Waals surface area (Å²) in [4.78, 5) is 13.5. The molecule has 1 aliphatic rings. The number of carboxylic acids is 1. The first kappa shape index (κ1) is 36.3. The van der Waals surface area contributed by atoms with Gasteiger partial charge in [0.2, 0.25) is 0 Å². The van der Waals surface area contributed by atoms with Crippen molar-refractivity contribution >= 4 is 23.3 Å². The number of hydrogen-bond donors (Lipinski definition) is 1. The van der Waals surface area contributed by atoms with E-state index in [9.17, 15) is 9.90 Å². The quantitative estimate of drug-likeness (QED) is 0.286. The number of aliphatic carboxylic acids is 1. The summed E-state index contributed by atoms with van der Waals surface area (Å²) in [6.07, 6.45) is 12.2. The van der Waals surface area contributed by atoms with Gasteiger partial charge in [0.1, 0.15) is 5.75 Å². The van der Waals surface area contributed by atoms with Crippen LogP contribution < -0.4 is 9.64 Å². The van der Waals surface area contributed by atoms with Gasteiger partial charge in [-0.05, 0) is 78.6 Å². The highest BCUT2D eigenvalue weighted by Gasteiger charge is 2.26. The zero-order chi connectivity index (χ0) is 30.9. The standard InChI is InChI=1S/C28H34ClNO3.2C4H10/c1-6-21-9-8-16-30(28(21)18(2)12-15-27(31)32)25-14-13-22(29)17-24(25)19(3)23-10-7-11-26(33-5)20(23)4;2*1-3-4-2/h7-8,10-11,13-14,16-19H,6,9,12,15H2,1-5H3,(H,31,32);2*3-4H2,1-2H3. The highest BCUT2D eigenvalue weighted by atomic mass is 35.5. The van der Waals surface area contributed by atoms with Crippen LogP contribution in [0.5, 0.6) is 5.75 Å². The van der Waals surface area contributed by atoms with Crippen LogP contribution in [0.4, 0.5) is 5.69 Å². The first-order valence-corrected chi connectivity index (χ1v) is 15.8. The molecule has 0 radical (unpaired) electrons. The van der Waals surface area contributed by atoms with E-state index in [2.05, 4.69) is 84.7 Å². The van der Waals surface area contributed by atoms with Crippen LogP contribution in [-0.4, -0.2) is 18.2 Å². The lowest BCUT2D eigenvalue weighted by atomic mass is 9.86. The van der Waals surface area contributed by atoms with E-state index in [-0.39, 0.29) is 18.3 Å². The van der Waals surface area contributed by atoms with Crippen molar-refractivity contribution in [3.63, 3.8) is 0 Å². The average Bonchev–Trinajstić information content (AvgIpc) is 2.99. The fourth-order valence-corrected chi connectivity index (χ4v) is 5.02. The van der Waals surface area contributed by atoms with Crippen LogP contribution in [-0.2, 0) is 4.79 Å². The number of methoxy groups -OCH3 is 1. The van der Waals surface area contributed by atoms with Gasteiger partial charge >= 0.3 is 5.97 Å². The van der Waals surface area contributed by atoms with Crippen molar-refractivity contribution in [3.05, 3.63) is 81.7 Å². The molecular weight excluding hydrogens is 530 g/mol. The molecule has 0 bridgehead atoms. The first-order chi connectivity index (χ1) is 19.6. The van der Waals surface area contributed by atoms with Gasteiger partial charge < -0.3 is 14.7 Å². The van der Waals surface area contributed by atoms with Gasteiger partial charge in [0.25, 0.3) is 0 Å². The smallest absolute Gasteiger partial charge is 0.303 e. The molecule has 1 heterocycles. The molecule has 1 N–H and O–H groups in total. The van der Waals surface area contributed by atoms with Gasteiger partial charge in [-0.3, -0.25) is 4.79 Å². The van der Waals surface area contributed by atoms with E-state index in [0.717, 1.165) is 35.4 Å². The van der Waals surface area contributed by atoms with Crippen molar-refractivity contribution in [3.8, 4) is 5.75 Å². The van der Waals surface area contributed by atoms with Crippen molar-refractivity contribution in [2.75, 3.05) is 12.0 Å². The summed E-state index contributed by atoms with van der Waals surface area (Å²) in [6.45, 7) is 17.3. The normalized spacial score (nSPS) is 14.0. The number of anilines is 1. The Bertz CT molecular complexity index is 1130. The maximum Gasteiger partial charge on any atom is 0.303 e. The number of ether oxygens (including phenoxy) is 1. The molecule has 0 aromatic heterocycles. The minimum atomic E-state index is -0.757. The summed E-state index contributed by atoms with van der Waals surface area (Å²) in [6, 6.07) is 12.2. The number of halogens is 1. The van der Waals surface area contributed by atoms with Gasteiger partial charge in [-0.1, -0.05) is 104 Å². The van der Waals surface area contributed by atoms with E-state index in [1.165, 1.54) is 42.5 Å². The second-order valence-corrected chi connectivity index (χ2v) is 11.2. The van der Waals surface area contributed by atoms with Crippen LogP contribution in [0.3, 0.4) is 0 Å². The molecule has 0 saturated carbocycles. The third kappa shape index (κ3) is 10.9. The van der Waals surface area contributed by atoms with Crippen LogP contribution in [0.15, 0.2) is 59.9 Å². The monoisotopic (exact) mass is 583 g/mol. The summed E-state index contributed by atoms with van der Waals surface area (Å²) in [5.41, 5.74) is 7.07. The van der Waals surface area contributed by atoms with E-state index >= 15 is 0 Å². The van der Waals surface area contributed by atoms with Crippen LogP contribution in [0.2, 0.25) is 5.02 Å². The molecule has 3 rings (SSSR count). The molecule has 2 aromatic carbocycles. The molecule has 4 nitrogen and oxygen atoms in total. The lowest BCUT2D eigenvalue weighted by Crippen LogP contribution is -2.26. The summed E-state index contributed by atoms with van der Waals surface area (Å²) >= 11 is 6.49. The highest BCUT2D eigenvalue weighted by molar-refractivity contribution is 6.30. The highest BCUT2D eigenvalue weighted by Crippen LogP contribution is 2.42. The maximum atomic E-state index is 11.2. The Balaban J connectivity index is 0.000000930. The Morgan fingerprint density at radius 2 is 1.63 bits per heavy atom. The maximum absolute atomic E-state index is 11.2. The Labute approximate surface area is 255 Å². The predicted octanol–water partition coefficient (Wildman–Crippen LogP) is 11.3. The Hall–Kier alpha value is -2.72. The van der Waals surface area contributed by atoms with E-state index < -0.39 is 5.97 Å². The fourth-order valence-electron chi connectivity index (χ4n) is 4.83. The van der Waals surface area contributed by atoms with Crippen molar-refractivity contribution < 1.29 is 14.6 Å². The first-order valence-electron chi connectivity index (χ1n) is 15.4. The number of unbranched alkanes of at least 4 members (excludes halogenated alkanes) is 2. The second kappa shape index (κ2) is 19.4. The van der Waals surface area contributed by atoms with E-state index in [1.54, 1.807) is 7.11 Å². The second-order valence-electron chi connectivity index (χ2n) is 10.7. The lowest BCUT2D eigenvalue weighted by molar-refractivity contribution is -0.137. The number of rotatable bonds is 11. The third-order valence-corrected chi connectivity index (χ3v) is 7.89. The number of carboxylic acid groups (broad SMARTS) is 1. The Kier molecular flexibility index (Phi) is 17.2. The SMILES string of the molecule is CCC1=C(C(C)CCC(=O)O)N(c2ccc(Cl)cc2C(C)c2cccc(OC)c2C)C=CC1.CCCC.CCCC. The summed E-state index contributed by atoms with van der Waals surface area (Å²) in [5, 5.41) is 9.94. The molecule has 228 valence electrons. The van der Waals surface area contributed by atoms with Gasteiger partial charge in [-0.25, -0.2) is 0 Å². The topological polar surface area (TPSA) is 49.8 Å². The van der Waals surface area contributed by atoms with Crippen molar-refractivity contribution in [1.82, 2.24) is 0 Å². The summed E-state index contributed by atoms with van der Waals surface area (Å²) < 4.78 is 5.56. The van der Waals surface area contributed by atoms with E-state index in [4.69, 9.17) is 16.3 Å². The third-order valence-electron chi connectivity index (χ3n) is 7.65. The van der Waals surface area contributed by atoms with Crippen LogP contribution >= 0.6 is 11.6 Å². The minimum absolute atomic E-state index is 0.0878. The van der Waals surface area contributed by atoms with E-state index in [0.29, 0.717) is 11.4 Å². The molecule has 0 aliphatic carbocycles. The zero-order valence-corrected chi connectivity index (χ0v) is 27.8. The molecule has 2 atom stereocenters. The molecule has 1 aliphatic heterocycles. The molecule has 0 amide bonds. The molecule has 0 spiro atoms. The Morgan fingerprint density at radius 1 is 1.00 bits per heavy atom. The van der Waals surface area contributed by atoms with Gasteiger partial charge in [-0.2, -0.15) is 0 Å². The number of allylic oxidation sites excluding steroid dienone is 3. The summed E-state index contributed by atoms with van der Waals surface area (Å²) in [5.74, 6) is 0.327. The average molecular weight is 584 g/mol. The van der Waals surface area contributed by atoms with Crippen molar-refractivity contribution in [1.29, 1.82) is 0 Å². The predicted molar refractivity (Wildman–Crippen MR) is 177 cm³/mol. The van der Waals surface area contributed by atoms with Crippen LogP contribution in [0.25, 0.3) is 0 Å². The van der Waals surface area contributed by atoms with E-state index in [1.807, 2.05) is 24.3 Å². The van der Waals surface area contributed by atoms with Gasteiger partial charge in [0.15, 0.2) is 0 Å². The number of hydrogen-bond acceptors (Lipinski definition) is 3. The van der Waals surface area contributed by atoms with Crippen LogP contribution in [0, 0.1) is 12.8 Å². The molecular formula is C36H54ClNO3. The largest absolute Gasteiger partial charge is 0.496 e. The molecule has 5 heteroatoms. The number of benzene rings is 2. The number of nitrogens with zero attached hydrogens (tertiary/aromatic N) is 1. The Morgan fingerprint density at radius 3 is 2.17 bits per heavy atom. The molecule has 2 unspecified atom stereocenters. The molecule has 41 heavy (non-hydrogen) atoms.